The van der Waals surface area contributed by atoms with Gasteiger partial charge in [-0.05, 0) is 38.8 Å². The third-order valence-corrected chi connectivity index (χ3v) is 4.10. The summed E-state index contributed by atoms with van der Waals surface area (Å²) in [6, 6.07) is 4.64. The maximum atomic E-state index is 12.3. The van der Waals surface area contributed by atoms with Gasteiger partial charge in [0.15, 0.2) is 5.75 Å². The van der Waals surface area contributed by atoms with Gasteiger partial charge in [-0.3, -0.25) is 14.9 Å². The molecule has 1 atom stereocenters. The zero-order valence-electron chi connectivity index (χ0n) is 15.5. The summed E-state index contributed by atoms with van der Waals surface area (Å²) in [7, 11) is 1.37. The lowest BCUT2D eigenvalue weighted by molar-refractivity contribution is -0.385. The van der Waals surface area contributed by atoms with Crippen LogP contribution in [0.1, 0.15) is 32.8 Å². The van der Waals surface area contributed by atoms with E-state index in [1.165, 1.54) is 24.1 Å². The Balaban J connectivity index is 2.12. The largest absolute Gasteiger partial charge is 0.490 e. The first-order valence-electron chi connectivity index (χ1n) is 8.42. The number of rotatable bonds is 4. The molecular weight excluding hydrogens is 340 g/mol. The van der Waals surface area contributed by atoms with Crippen LogP contribution in [0.3, 0.4) is 0 Å². The van der Waals surface area contributed by atoms with Gasteiger partial charge in [-0.25, -0.2) is 4.79 Å². The van der Waals surface area contributed by atoms with Crippen molar-refractivity contribution in [2.75, 3.05) is 20.2 Å². The fourth-order valence-corrected chi connectivity index (χ4v) is 2.87. The summed E-state index contributed by atoms with van der Waals surface area (Å²) >= 11 is 0. The molecule has 1 aliphatic heterocycles. The Kier molecular flexibility index (Phi) is 5.84. The lowest BCUT2D eigenvalue weighted by Gasteiger charge is -2.33. The molecule has 8 nitrogen and oxygen atoms in total. The number of carbonyl (C=O) groups is 2. The normalized spacial score (nSPS) is 17.8. The minimum absolute atomic E-state index is 0.0447. The average molecular weight is 364 g/mol. The molecule has 1 unspecified atom stereocenters. The summed E-state index contributed by atoms with van der Waals surface area (Å²) in [5, 5.41) is 11.2. The third-order valence-electron chi connectivity index (χ3n) is 4.10. The Morgan fingerprint density at radius 1 is 1.38 bits per heavy atom. The van der Waals surface area contributed by atoms with Gasteiger partial charge in [-0.2, -0.15) is 0 Å². The molecule has 1 amide bonds. The molecule has 1 fully saturated rings. The van der Waals surface area contributed by atoms with Crippen molar-refractivity contribution in [3.63, 3.8) is 0 Å². The molecule has 1 aromatic rings. The van der Waals surface area contributed by atoms with E-state index in [1.807, 2.05) is 0 Å². The summed E-state index contributed by atoms with van der Waals surface area (Å²) in [6.45, 7) is 5.93. The number of piperidine rings is 1. The number of nitro groups is 1. The molecule has 0 spiro atoms. The predicted molar refractivity (Wildman–Crippen MR) is 94.3 cm³/mol. The third kappa shape index (κ3) is 4.93. The Morgan fingerprint density at radius 3 is 2.65 bits per heavy atom. The van der Waals surface area contributed by atoms with Crippen LogP contribution in [0.4, 0.5) is 10.5 Å². The molecule has 26 heavy (non-hydrogen) atoms. The van der Waals surface area contributed by atoms with Gasteiger partial charge in [0.1, 0.15) is 11.4 Å². The van der Waals surface area contributed by atoms with Crippen LogP contribution < -0.4 is 4.74 Å². The molecule has 1 aromatic carbocycles. The van der Waals surface area contributed by atoms with E-state index >= 15 is 0 Å². The van der Waals surface area contributed by atoms with Crippen molar-refractivity contribution in [1.29, 1.82) is 0 Å². The molecule has 142 valence electrons. The Bertz CT molecular complexity index is 710. The second kappa shape index (κ2) is 7.72. The Labute approximate surface area is 152 Å². The van der Waals surface area contributed by atoms with E-state index in [0.29, 0.717) is 18.5 Å². The van der Waals surface area contributed by atoms with Crippen molar-refractivity contribution in [3.8, 4) is 5.75 Å². The molecule has 0 N–H and O–H groups in total. The van der Waals surface area contributed by atoms with Gasteiger partial charge in [-0.1, -0.05) is 6.07 Å². The SMILES string of the molecule is COc1ccc(CC2CN(C(=O)OC(C)(C)C)CCC2=O)cc1[N+](=O)[O-]. The number of methoxy groups -OCH3 is 1. The molecule has 0 aromatic heterocycles. The van der Waals surface area contributed by atoms with Crippen molar-refractivity contribution in [3.05, 3.63) is 33.9 Å². The minimum atomic E-state index is -0.607. The van der Waals surface area contributed by atoms with Crippen LogP contribution in [0.5, 0.6) is 5.75 Å². The number of likely N-dealkylation sites (tertiary alicyclic amines) is 1. The number of nitro benzene ring substituents is 1. The number of Topliss-reactive ketones (excluding diaryl/α,β-unsaturated/α-hetero) is 1. The molecule has 0 aliphatic carbocycles. The van der Waals surface area contributed by atoms with E-state index in [-0.39, 0.29) is 30.2 Å². The van der Waals surface area contributed by atoms with Gasteiger partial charge in [0.2, 0.25) is 0 Å². The summed E-state index contributed by atoms with van der Waals surface area (Å²) in [5.41, 5.74) is -0.0934. The fourth-order valence-electron chi connectivity index (χ4n) is 2.87. The first kappa shape index (κ1) is 19.7. The van der Waals surface area contributed by atoms with Crippen molar-refractivity contribution in [2.45, 2.75) is 39.2 Å². The molecule has 0 radical (unpaired) electrons. The minimum Gasteiger partial charge on any atom is -0.490 e. The van der Waals surface area contributed by atoms with Crippen molar-refractivity contribution < 1.29 is 24.0 Å². The number of amides is 1. The first-order valence-corrected chi connectivity index (χ1v) is 8.42. The number of hydrogen-bond acceptors (Lipinski definition) is 6. The van der Waals surface area contributed by atoms with Crippen LogP contribution in [0.25, 0.3) is 0 Å². The summed E-state index contributed by atoms with van der Waals surface area (Å²) in [5.74, 6) is -0.198. The monoisotopic (exact) mass is 364 g/mol. The first-order chi connectivity index (χ1) is 12.1. The highest BCUT2D eigenvalue weighted by Gasteiger charge is 2.32. The quantitative estimate of drug-likeness (QED) is 0.601. The van der Waals surface area contributed by atoms with E-state index in [2.05, 4.69) is 0 Å². The zero-order valence-corrected chi connectivity index (χ0v) is 15.5. The number of benzene rings is 1. The number of carbonyl (C=O) groups excluding carboxylic acids is 2. The highest BCUT2D eigenvalue weighted by atomic mass is 16.6. The van der Waals surface area contributed by atoms with Gasteiger partial charge in [-0.15, -0.1) is 0 Å². The topological polar surface area (TPSA) is 99.0 Å². The van der Waals surface area contributed by atoms with E-state index < -0.39 is 22.5 Å². The molecule has 0 saturated carbocycles. The smallest absolute Gasteiger partial charge is 0.410 e. The zero-order chi connectivity index (χ0) is 19.5. The van der Waals surface area contributed by atoms with Crippen molar-refractivity contribution in [2.24, 2.45) is 5.92 Å². The van der Waals surface area contributed by atoms with Crippen LogP contribution in [-0.2, 0) is 16.0 Å². The Hall–Kier alpha value is -2.64. The molecule has 0 bridgehead atoms. The molecule has 1 heterocycles. The highest BCUT2D eigenvalue weighted by molar-refractivity contribution is 5.84. The lowest BCUT2D eigenvalue weighted by Crippen LogP contribution is -2.46. The number of ketones is 1. The van der Waals surface area contributed by atoms with Crippen LogP contribution in [0.15, 0.2) is 18.2 Å². The van der Waals surface area contributed by atoms with Crippen molar-refractivity contribution in [1.82, 2.24) is 4.90 Å². The molecule has 1 saturated heterocycles. The predicted octanol–water partition coefficient (Wildman–Crippen LogP) is 2.97. The van der Waals surface area contributed by atoms with Crippen molar-refractivity contribution >= 4 is 17.6 Å². The van der Waals surface area contributed by atoms with E-state index in [9.17, 15) is 19.7 Å². The molecule has 8 heteroatoms. The van der Waals surface area contributed by atoms with E-state index in [1.54, 1.807) is 26.8 Å². The highest BCUT2D eigenvalue weighted by Crippen LogP contribution is 2.29. The van der Waals surface area contributed by atoms with Gasteiger partial charge >= 0.3 is 11.8 Å². The second-order valence-electron chi connectivity index (χ2n) is 7.31. The van der Waals surface area contributed by atoms with Gasteiger partial charge in [0.25, 0.3) is 0 Å². The number of hydrogen-bond donors (Lipinski definition) is 0. The van der Waals surface area contributed by atoms with Crippen LogP contribution in [-0.4, -0.2) is 47.5 Å². The Morgan fingerprint density at radius 2 is 2.08 bits per heavy atom. The lowest BCUT2D eigenvalue weighted by atomic mass is 9.90. The van der Waals surface area contributed by atoms with E-state index in [4.69, 9.17) is 9.47 Å². The summed E-state index contributed by atoms with van der Waals surface area (Å²) in [4.78, 5) is 36.6. The van der Waals surface area contributed by atoms with Crippen LogP contribution in [0, 0.1) is 16.0 Å². The van der Waals surface area contributed by atoms with Gasteiger partial charge < -0.3 is 14.4 Å². The summed E-state index contributed by atoms with van der Waals surface area (Å²) in [6.07, 6.45) is 0.126. The van der Waals surface area contributed by atoms with Gasteiger partial charge in [0.05, 0.1) is 12.0 Å². The summed E-state index contributed by atoms with van der Waals surface area (Å²) < 4.78 is 10.4. The number of ether oxygens (including phenoxy) is 2. The maximum absolute atomic E-state index is 12.3. The van der Waals surface area contributed by atoms with Gasteiger partial charge in [0, 0.05) is 31.5 Å². The standard InChI is InChI=1S/C18H24N2O6/c1-18(2,3)26-17(22)19-8-7-15(21)13(11-19)9-12-5-6-16(25-4)14(10-12)20(23)24/h5-6,10,13H,7-9,11H2,1-4H3. The number of nitrogens with zero attached hydrogens (tertiary/aromatic N) is 2. The second-order valence-corrected chi connectivity index (χ2v) is 7.31. The maximum Gasteiger partial charge on any atom is 0.410 e. The molecular formula is C18H24N2O6. The molecule has 1 aliphatic rings. The average Bonchev–Trinajstić information content (AvgIpc) is 2.55. The van der Waals surface area contributed by atoms with Crippen LogP contribution >= 0.6 is 0 Å². The fraction of sp³-hybridized carbons (Fsp3) is 0.556. The molecule has 2 rings (SSSR count). The van der Waals surface area contributed by atoms with Crippen LogP contribution in [0.2, 0.25) is 0 Å². The van der Waals surface area contributed by atoms with E-state index in [0.717, 1.165) is 0 Å².